The Hall–Kier alpha value is -2.99. The Morgan fingerprint density at radius 3 is 2.87 bits per heavy atom. The summed E-state index contributed by atoms with van der Waals surface area (Å²) in [4.78, 5) is 23.3. The molecule has 0 saturated carbocycles. The number of hydrogen-bond donors (Lipinski definition) is 2. The highest BCUT2D eigenvalue weighted by molar-refractivity contribution is 5.92. The lowest BCUT2D eigenvalue weighted by Crippen LogP contribution is -2.27. The van der Waals surface area contributed by atoms with Gasteiger partial charge in [0.25, 0.3) is 0 Å². The molecule has 3 heterocycles. The summed E-state index contributed by atoms with van der Waals surface area (Å²) < 4.78 is 0. The summed E-state index contributed by atoms with van der Waals surface area (Å²) in [5.74, 6) is 1.92. The maximum Gasteiger partial charge on any atom is 0.246 e. The van der Waals surface area contributed by atoms with Gasteiger partial charge in [0, 0.05) is 56.9 Å². The number of nitrogens with one attached hydrogen (secondary N) is 2. The van der Waals surface area contributed by atoms with E-state index in [1.54, 1.807) is 12.3 Å². The van der Waals surface area contributed by atoms with Crippen molar-refractivity contribution in [2.45, 2.75) is 19.9 Å². The zero-order valence-electron chi connectivity index (χ0n) is 17.6. The highest BCUT2D eigenvalue weighted by Gasteiger charge is 2.37. The zero-order valence-corrected chi connectivity index (χ0v) is 17.6. The molecule has 0 aromatic carbocycles. The van der Waals surface area contributed by atoms with Crippen LogP contribution in [0, 0.1) is 11.8 Å². The van der Waals surface area contributed by atoms with Gasteiger partial charge in [-0.25, -0.2) is 4.98 Å². The first-order chi connectivity index (χ1) is 14.7. The van der Waals surface area contributed by atoms with Crippen LogP contribution in [0.15, 0.2) is 48.9 Å². The molecule has 2 aromatic heterocycles. The average Bonchev–Trinajstić information content (AvgIpc) is 3.36. The molecule has 1 aliphatic carbocycles. The molecule has 156 valence electrons. The zero-order chi connectivity index (χ0) is 20.9. The maximum absolute atomic E-state index is 12.7. The normalized spacial score (nSPS) is 20.5. The van der Waals surface area contributed by atoms with Crippen LogP contribution >= 0.6 is 0 Å². The Morgan fingerprint density at radius 1 is 1.30 bits per heavy atom. The first-order valence-corrected chi connectivity index (χ1v) is 10.6. The fourth-order valence-electron chi connectivity index (χ4n) is 4.38. The van der Waals surface area contributed by atoms with E-state index in [0.29, 0.717) is 11.8 Å². The van der Waals surface area contributed by atoms with Crippen molar-refractivity contribution in [3.8, 4) is 0 Å². The van der Waals surface area contributed by atoms with Crippen LogP contribution in [0.4, 0.5) is 5.82 Å². The van der Waals surface area contributed by atoms with Crippen LogP contribution in [-0.4, -0.2) is 47.5 Å². The second-order valence-corrected chi connectivity index (χ2v) is 7.94. The van der Waals surface area contributed by atoms with E-state index < -0.39 is 0 Å². The van der Waals surface area contributed by atoms with Gasteiger partial charge < -0.3 is 15.5 Å². The summed E-state index contributed by atoms with van der Waals surface area (Å²) in [6.45, 7) is 5.34. The molecule has 2 aliphatic rings. The van der Waals surface area contributed by atoms with Crippen molar-refractivity contribution in [1.82, 2.24) is 20.2 Å². The van der Waals surface area contributed by atoms with Gasteiger partial charge in [-0.15, -0.1) is 0 Å². The fourth-order valence-corrected chi connectivity index (χ4v) is 4.38. The van der Waals surface area contributed by atoms with Gasteiger partial charge in [-0.05, 0) is 65.8 Å². The topological polar surface area (TPSA) is 70.2 Å². The van der Waals surface area contributed by atoms with E-state index in [0.717, 1.165) is 49.5 Å². The quantitative estimate of drug-likeness (QED) is 0.695. The molecule has 1 fully saturated rings. The summed E-state index contributed by atoms with van der Waals surface area (Å²) in [5.41, 5.74) is 4.68. The number of likely N-dealkylation sites (tertiary alicyclic amines) is 1. The van der Waals surface area contributed by atoms with E-state index in [2.05, 4.69) is 51.8 Å². The summed E-state index contributed by atoms with van der Waals surface area (Å²) in [6, 6.07) is 6.21. The predicted octanol–water partition coefficient (Wildman–Crippen LogP) is 3.20. The third-order valence-electron chi connectivity index (χ3n) is 5.96. The Kier molecular flexibility index (Phi) is 6.23. The van der Waals surface area contributed by atoms with Crippen molar-refractivity contribution in [3.05, 3.63) is 65.6 Å². The van der Waals surface area contributed by atoms with Crippen molar-refractivity contribution < 1.29 is 4.79 Å². The number of carbonyl (C=O) groups is 1. The summed E-state index contributed by atoms with van der Waals surface area (Å²) in [7, 11) is 1.87. The molecule has 2 unspecified atom stereocenters. The van der Waals surface area contributed by atoms with Gasteiger partial charge in [0.15, 0.2) is 0 Å². The molecular formula is C24H29N5O. The van der Waals surface area contributed by atoms with Gasteiger partial charge >= 0.3 is 0 Å². The van der Waals surface area contributed by atoms with Crippen LogP contribution in [0.3, 0.4) is 0 Å². The molecule has 0 bridgehead atoms. The standard InChI is InChI=1S/C24H29N5O/c1-3-26-14-20-10-17(13-28-24(20)25-2)4-5-23(30)29-15-21-11-19(12-22(21)16-29)18-6-8-27-9-7-18/h4-11,13,21-22,26H,3,12,14-16H2,1-2H3,(H,25,28)/b5-4+. The van der Waals surface area contributed by atoms with Crippen LogP contribution in [0.2, 0.25) is 0 Å². The predicted molar refractivity (Wildman–Crippen MR) is 121 cm³/mol. The van der Waals surface area contributed by atoms with Crippen molar-refractivity contribution in [1.29, 1.82) is 0 Å². The molecule has 1 amide bonds. The van der Waals surface area contributed by atoms with E-state index in [-0.39, 0.29) is 5.91 Å². The number of anilines is 1. The van der Waals surface area contributed by atoms with Gasteiger partial charge in [-0.3, -0.25) is 9.78 Å². The van der Waals surface area contributed by atoms with Crippen molar-refractivity contribution in [2.24, 2.45) is 11.8 Å². The molecule has 2 aromatic rings. The Balaban J connectivity index is 1.39. The largest absolute Gasteiger partial charge is 0.373 e. The second kappa shape index (κ2) is 9.22. The number of nitrogens with zero attached hydrogens (tertiary/aromatic N) is 3. The van der Waals surface area contributed by atoms with Gasteiger partial charge in [0.2, 0.25) is 5.91 Å². The van der Waals surface area contributed by atoms with Crippen LogP contribution in [0.5, 0.6) is 0 Å². The maximum atomic E-state index is 12.7. The van der Waals surface area contributed by atoms with Crippen molar-refractivity contribution in [3.63, 3.8) is 0 Å². The lowest BCUT2D eigenvalue weighted by atomic mass is 9.99. The highest BCUT2D eigenvalue weighted by Crippen LogP contribution is 2.40. The summed E-state index contributed by atoms with van der Waals surface area (Å²) >= 11 is 0. The van der Waals surface area contributed by atoms with Crippen LogP contribution in [-0.2, 0) is 11.3 Å². The SMILES string of the molecule is CCNCc1cc(/C=C/C(=O)N2CC3C=C(c4ccncc4)CC3C2)cnc1NC. The number of aromatic nitrogens is 2. The minimum Gasteiger partial charge on any atom is -0.373 e. The van der Waals surface area contributed by atoms with Crippen LogP contribution in [0.1, 0.15) is 30.0 Å². The third-order valence-corrected chi connectivity index (χ3v) is 5.96. The number of allylic oxidation sites excluding steroid dienone is 1. The monoisotopic (exact) mass is 403 g/mol. The van der Waals surface area contributed by atoms with Crippen LogP contribution < -0.4 is 10.6 Å². The van der Waals surface area contributed by atoms with E-state index in [4.69, 9.17) is 0 Å². The van der Waals surface area contributed by atoms with Gasteiger partial charge in [0.1, 0.15) is 5.82 Å². The average molecular weight is 404 g/mol. The first kappa shape index (κ1) is 20.3. The van der Waals surface area contributed by atoms with E-state index in [1.165, 1.54) is 11.1 Å². The fraction of sp³-hybridized carbons (Fsp3) is 0.375. The molecule has 0 radical (unpaired) electrons. The van der Waals surface area contributed by atoms with Gasteiger partial charge in [0.05, 0.1) is 0 Å². The number of fused-ring (bicyclic) bond motifs is 1. The molecule has 6 heteroatoms. The molecule has 2 N–H and O–H groups in total. The number of carbonyl (C=O) groups excluding carboxylic acids is 1. The van der Waals surface area contributed by atoms with E-state index in [9.17, 15) is 4.79 Å². The lowest BCUT2D eigenvalue weighted by Gasteiger charge is -2.15. The van der Waals surface area contributed by atoms with Crippen molar-refractivity contribution >= 4 is 23.4 Å². The minimum absolute atomic E-state index is 0.0780. The van der Waals surface area contributed by atoms with Gasteiger partial charge in [-0.2, -0.15) is 0 Å². The van der Waals surface area contributed by atoms with E-state index >= 15 is 0 Å². The van der Waals surface area contributed by atoms with Gasteiger partial charge in [-0.1, -0.05) is 13.0 Å². The molecule has 0 spiro atoms. The summed E-state index contributed by atoms with van der Waals surface area (Å²) in [5, 5.41) is 6.45. The first-order valence-electron chi connectivity index (χ1n) is 10.6. The summed E-state index contributed by atoms with van der Waals surface area (Å²) in [6.07, 6.45) is 12.4. The molecule has 2 atom stereocenters. The van der Waals surface area contributed by atoms with Crippen LogP contribution in [0.25, 0.3) is 11.6 Å². The molecule has 30 heavy (non-hydrogen) atoms. The van der Waals surface area contributed by atoms with Crippen molar-refractivity contribution in [2.75, 3.05) is 32.0 Å². The molecular weight excluding hydrogens is 374 g/mol. The third kappa shape index (κ3) is 4.44. The molecule has 6 nitrogen and oxygen atoms in total. The Labute approximate surface area is 178 Å². The van der Waals surface area contributed by atoms with E-state index in [1.807, 2.05) is 30.4 Å². The number of pyridine rings is 2. The second-order valence-electron chi connectivity index (χ2n) is 7.94. The number of amides is 1. The smallest absolute Gasteiger partial charge is 0.246 e. The highest BCUT2D eigenvalue weighted by atomic mass is 16.2. The molecule has 1 saturated heterocycles. The Bertz CT molecular complexity index is 953. The lowest BCUT2D eigenvalue weighted by molar-refractivity contribution is -0.125. The minimum atomic E-state index is 0.0780. The number of hydrogen-bond acceptors (Lipinski definition) is 5. The molecule has 1 aliphatic heterocycles. The Morgan fingerprint density at radius 2 is 2.13 bits per heavy atom. The number of rotatable bonds is 7. The molecule has 4 rings (SSSR count).